The molecule has 0 fully saturated rings. The largest absolute Gasteiger partial charge is 0.543 e. The number of carboxylic acid groups (broad SMARTS) is 1. The summed E-state index contributed by atoms with van der Waals surface area (Å²) in [5.41, 5.74) is 1.55. The van der Waals surface area contributed by atoms with Crippen LogP contribution in [-0.2, 0) is 10.2 Å². The van der Waals surface area contributed by atoms with Crippen LogP contribution in [-0.4, -0.2) is 26.1 Å². The van der Waals surface area contributed by atoms with Crippen molar-refractivity contribution >= 4 is 18.0 Å². The number of carboxylic acids is 1. The Bertz CT molecular complexity index is 892. The molecule has 0 unspecified atom stereocenters. The van der Waals surface area contributed by atoms with Gasteiger partial charge < -0.3 is 24.7 Å². The molecule has 0 aromatic heterocycles. The van der Waals surface area contributed by atoms with Crippen LogP contribution in [0.2, 0.25) is 0 Å². The minimum Gasteiger partial charge on any atom is -0.543 e. The average molecular weight is 382 g/mol. The van der Waals surface area contributed by atoms with Gasteiger partial charge in [0.2, 0.25) is 0 Å². The van der Waals surface area contributed by atoms with Crippen LogP contribution < -0.4 is 19.9 Å². The predicted molar refractivity (Wildman–Crippen MR) is 105 cm³/mol. The maximum atomic E-state index is 12.4. The molecule has 28 heavy (non-hydrogen) atoms. The maximum Gasteiger partial charge on any atom is 0.255 e. The summed E-state index contributed by atoms with van der Waals surface area (Å²) in [5.74, 6) is -1.07. The van der Waals surface area contributed by atoms with Crippen LogP contribution >= 0.6 is 0 Å². The number of aliphatic carboxylic acids is 1. The number of carbonyl (C=O) groups excluding carboxylic acids is 2. The lowest BCUT2D eigenvalue weighted by Gasteiger charge is -2.19. The van der Waals surface area contributed by atoms with Crippen LogP contribution in [0.5, 0.6) is 11.5 Å². The van der Waals surface area contributed by atoms with Crippen molar-refractivity contribution in [1.82, 2.24) is 5.32 Å². The number of rotatable bonds is 6. The Kier molecular flexibility index (Phi) is 6.46. The van der Waals surface area contributed by atoms with Crippen LogP contribution in [0.25, 0.3) is 6.08 Å². The van der Waals surface area contributed by atoms with Gasteiger partial charge in [0.15, 0.2) is 11.5 Å². The molecular weight excluding hydrogens is 358 g/mol. The highest BCUT2D eigenvalue weighted by molar-refractivity contribution is 6.02. The zero-order valence-electron chi connectivity index (χ0n) is 16.7. The first-order chi connectivity index (χ1) is 13.2. The second kappa shape index (κ2) is 8.61. The molecule has 0 spiro atoms. The molecule has 0 heterocycles. The first-order valence-electron chi connectivity index (χ1n) is 8.72. The third kappa shape index (κ3) is 5.13. The SMILES string of the molecule is COc1ccc(/C=C(/NC(=O)c2ccc(C(C)(C)C)cc2)C(=O)[O-])cc1OC. The van der Waals surface area contributed by atoms with Gasteiger partial charge in [-0.25, -0.2) is 0 Å². The molecule has 0 bridgehead atoms. The number of hydrogen-bond donors (Lipinski definition) is 1. The fraction of sp³-hybridized carbons (Fsp3) is 0.273. The number of benzene rings is 2. The summed E-state index contributed by atoms with van der Waals surface area (Å²) in [5, 5.41) is 13.9. The second-order valence-corrected chi connectivity index (χ2v) is 7.24. The van der Waals surface area contributed by atoms with Crippen molar-refractivity contribution in [2.75, 3.05) is 14.2 Å². The predicted octanol–water partition coefficient (Wildman–Crippen LogP) is 2.52. The van der Waals surface area contributed by atoms with E-state index in [1.807, 2.05) is 12.1 Å². The molecular formula is C22H24NO5-. The van der Waals surface area contributed by atoms with Crippen molar-refractivity contribution in [1.29, 1.82) is 0 Å². The Morgan fingerprint density at radius 2 is 1.57 bits per heavy atom. The molecule has 2 aromatic rings. The summed E-state index contributed by atoms with van der Waals surface area (Å²) in [6.45, 7) is 6.21. The number of hydrogen-bond acceptors (Lipinski definition) is 5. The summed E-state index contributed by atoms with van der Waals surface area (Å²) in [7, 11) is 2.99. The highest BCUT2D eigenvalue weighted by atomic mass is 16.5. The lowest BCUT2D eigenvalue weighted by atomic mass is 9.87. The third-order valence-corrected chi connectivity index (χ3v) is 4.20. The molecule has 0 aliphatic heterocycles. The minimum atomic E-state index is -1.49. The number of ether oxygens (including phenoxy) is 2. The Labute approximate surface area is 164 Å². The average Bonchev–Trinajstić information content (AvgIpc) is 2.66. The van der Waals surface area contributed by atoms with E-state index in [2.05, 4.69) is 26.1 Å². The van der Waals surface area contributed by atoms with E-state index in [1.54, 1.807) is 30.3 Å². The van der Waals surface area contributed by atoms with E-state index in [0.29, 0.717) is 22.6 Å². The first kappa shape index (κ1) is 21.0. The fourth-order valence-corrected chi connectivity index (χ4v) is 2.57. The Morgan fingerprint density at radius 1 is 0.964 bits per heavy atom. The normalized spacial score (nSPS) is 11.7. The molecule has 1 N–H and O–H groups in total. The van der Waals surface area contributed by atoms with Gasteiger partial charge in [-0.2, -0.15) is 0 Å². The quantitative estimate of drug-likeness (QED) is 0.776. The van der Waals surface area contributed by atoms with Crippen LogP contribution in [0.4, 0.5) is 0 Å². The second-order valence-electron chi connectivity index (χ2n) is 7.24. The molecule has 2 aromatic carbocycles. The van der Waals surface area contributed by atoms with E-state index in [-0.39, 0.29) is 11.1 Å². The Balaban J connectivity index is 2.26. The van der Waals surface area contributed by atoms with Gasteiger partial charge in [0, 0.05) is 5.56 Å². The molecule has 0 radical (unpaired) electrons. The molecule has 0 atom stereocenters. The molecule has 2 rings (SSSR count). The monoisotopic (exact) mass is 382 g/mol. The topological polar surface area (TPSA) is 87.7 Å². The van der Waals surface area contributed by atoms with Crippen LogP contribution in [0, 0.1) is 0 Å². The number of nitrogens with one attached hydrogen (secondary N) is 1. The Morgan fingerprint density at radius 3 is 2.07 bits per heavy atom. The van der Waals surface area contributed by atoms with Crippen molar-refractivity contribution in [2.24, 2.45) is 0 Å². The lowest BCUT2D eigenvalue weighted by Crippen LogP contribution is -2.35. The standard InChI is InChI=1S/C22H25NO5/c1-22(2,3)16-9-7-15(8-10-16)20(24)23-17(21(25)26)12-14-6-11-18(27-4)19(13-14)28-5/h6-13H,1-5H3,(H,23,24)(H,25,26)/p-1/b17-12+. The molecule has 148 valence electrons. The number of amides is 1. The molecule has 0 aliphatic rings. The van der Waals surface area contributed by atoms with Gasteiger partial charge in [0.25, 0.3) is 5.91 Å². The molecule has 0 saturated carbocycles. The fourth-order valence-electron chi connectivity index (χ4n) is 2.57. The van der Waals surface area contributed by atoms with E-state index in [4.69, 9.17) is 9.47 Å². The maximum absolute atomic E-state index is 12.4. The van der Waals surface area contributed by atoms with Crippen molar-refractivity contribution in [3.63, 3.8) is 0 Å². The van der Waals surface area contributed by atoms with E-state index in [0.717, 1.165) is 5.56 Å². The smallest absolute Gasteiger partial charge is 0.255 e. The van der Waals surface area contributed by atoms with Gasteiger partial charge in [-0.15, -0.1) is 0 Å². The van der Waals surface area contributed by atoms with Gasteiger partial charge in [-0.05, 0) is 46.9 Å². The van der Waals surface area contributed by atoms with Gasteiger partial charge in [-0.1, -0.05) is 39.0 Å². The molecule has 1 amide bonds. The van der Waals surface area contributed by atoms with Gasteiger partial charge in [-0.3, -0.25) is 4.79 Å². The van der Waals surface area contributed by atoms with Gasteiger partial charge >= 0.3 is 0 Å². The highest BCUT2D eigenvalue weighted by Crippen LogP contribution is 2.28. The zero-order chi connectivity index (χ0) is 20.9. The van der Waals surface area contributed by atoms with E-state index in [1.165, 1.54) is 20.3 Å². The molecule has 0 aliphatic carbocycles. The molecule has 0 saturated heterocycles. The van der Waals surface area contributed by atoms with E-state index in [9.17, 15) is 14.7 Å². The van der Waals surface area contributed by atoms with Crippen molar-refractivity contribution in [3.05, 3.63) is 64.9 Å². The number of methoxy groups -OCH3 is 2. The van der Waals surface area contributed by atoms with Crippen LogP contribution in [0.15, 0.2) is 48.2 Å². The Hall–Kier alpha value is -3.28. The summed E-state index contributed by atoms with van der Waals surface area (Å²) >= 11 is 0. The summed E-state index contributed by atoms with van der Waals surface area (Å²) in [4.78, 5) is 23.9. The van der Waals surface area contributed by atoms with Crippen molar-refractivity contribution in [2.45, 2.75) is 26.2 Å². The third-order valence-electron chi connectivity index (χ3n) is 4.20. The highest BCUT2D eigenvalue weighted by Gasteiger charge is 2.15. The molecule has 6 heteroatoms. The molecule has 6 nitrogen and oxygen atoms in total. The van der Waals surface area contributed by atoms with Crippen molar-refractivity contribution in [3.8, 4) is 11.5 Å². The first-order valence-corrected chi connectivity index (χ1v) is 8.72. The zero-order valence-corrected chi connectivity index (χ0v) is 16.7. The summed E-state index contributed by atoms with van der Waals surface area (Å²) < 4.78 is 10.4. The van der Waals surface area contributed by atoms with Gasteiger partial charge in [0.1, 0.15) is 0 Å². The van der Waals surface area contributed by atoms with E-state index >= 15 is 0 Å². The van der Waals surface area contributed by atoms with Crippen molar-refractivity contribution < 1.29 is 24.2 Å². The number of carbonyl (C=O) groups is 2. The summed E-state index contributed by atoms with van der Waals surface area (Å²) in [6.07, 6.45) is 1.30. The summed E-state index contributed by atoms with van der Waals surface area (Å²) in [6, 6.07) is 11.9. The van der Waals surface area contributed by atoms with Gasteiger partial charge in [0.05, 0.1) is 25.9 Å². The lowest BCUT2D eigenvalue weighted by molar-refractivity contribution is -0.299. The van der Waals surface area contributed by atoms with E-state index < -0.39 is 11.9 Å². The minimum absolute atomic E-state index is 0.0432. The van der Waals surface area contributed by atoms with Crippen LogP contribution in [0.1, 0.15) is 42.3 Å². The van der Waals surface area contributed by atoms with Crippen LogP contribution in [0.3, 0.4) is 0 Å².